The van der Waals surface area contributed by atoms with Crippen molar-refractivity contribution in [1.29, 1.82) is 0 Å². The highest BCUT2D eigenvalue weighted by atomic mass is 16.2. The average molecular weight is 486 g/mol. The SMILES string of the molecule is CC1=CC[C@@H]2C(=O)N(c3cccc(C(=O)Nc4cccc(C(=O)N5CCC(C)CC5)c4)c3)C(=O)[C@@H]2C1. The van der Waals surface area contributed by atoms with Gasteiger partial charge in [-0.25, -0.2) is 0 Å². The Hall–Kier alpha value is -3.74. The average Bonchev–Trinajstić information content (AvgIpc) is 3.13. The van der Waals surface area contributed by atoms with E-state index in [1.165, 1.54) is 4.90 Å². The Labute approximate surface area is 211 Å². The van der Waals surface area contributed by atoms with Crippen LogP contribution < -0.4 is 10.2 Å². The largest absolute Gasteiger partial charge is 0.339 e. The summed E-state index contributed by atoms with van der Waals surface area (Å²) >= 11 is 0. The number of anilines is 2. The Morgan fingerprint density at radius 1 is 0.917 bits per heavy atom. The lowest BCUT2D eigenvalue weighted by Crippen LogP contribution is -2.37. The molecule has 2 saturated heterocycles. The molecule has 0 unspecified atom stereocenters. The number of hydrogen-bond donors (Lipinski definition) is 1. The predicted molar refractivity (Wildman–Crippen MR) is 138 cm³/mol. The van der Waals surface area contributed by atoms with Crippen molar-refractivity contribution in [3.8, 4) is 0 Å². The summed E-state index contributed by atoms with van der Waals surface area (Å²) in [6.45, 7) is 5.67. The van der Waals surface area contributed by atoms with Crippen LogP contribution >= 0.6 is 0 Å². The van der Waals surface area contributed by atoms with Crippen molar-refractivity contribution < 1.29 is 19.2 Å². The minimum absolute atomic E-state index is 0.0303. The standard InChI is InChI=1S/C29H31N3O4/c1-18-11-13-31(14-12-18)27(34)21-6-3-7-22(16-21)30-26(33)20-5-4-8-23(17-20)32-28(35)24-10-9-19(2)15-25(24)29(32)36/h3-9,16-18,24-25H,10-15H2,1-2H3,(H,30,33)/t24-,25+/m0/s1. The molecule has 1 aliphatic carbocycles. The second-order valence-corrected chi connectivity index (χ2v) is 10.3. The van der Waals surface area contributed by atoms with Crippen LogP contribution in [0.15, 0.2) is 60.2 Å². The highest BCUT2D eigenvalue weighted by Gasteiger charge is 2.48. The third kappa shape index (κ3) is 4.57. The van der Waals surface area contributed by atoms with Crippen molar-refractivity contribution in [3.63, 3.8) is 0 Å². The number of hydrogen-bond acceptors (Lipinski definition) is 4. The molecular weight excluding hydrogens is 454 g/mol. The van der Waals surface area contributed by atoms with Gasteiger partial charge in [-0.2, -0.15) is 0 Å². The number of fused-ring (bicyclic) bond motifs is 1. The number of nitrogens with zero attached hydrogens (tertiary/aromatic N) is 2. The molecule has 36 heavy (non-hydrogen) atoms. The third-order valence-electron chi connectivity index (χ3n) is 7.63. The van der Waals surface area contributed by atoms with E-state index < -0.39 is 0 Å². The maximum atomic E-state index is 13.1. The topological polar surface area (TPSA) is 86.8 Å². The number of amides is 4. The van der Waals surface area contributed by atoms with Crippen LogP contribution in [0.4, 0.5) is 11.4 Å². The predicted octanol–water partition coefficient (Wildman–Crippen LogP) is 4.66. The Morgan fingerprint density at radius 3 is 2.39 bits per heavy atom. The molecule has 2 fully saturated rings. The maximum Gasteiger partial charge on any atom is 0.255 e. The van der Waals surface area contributed by atoms with Crippen molar-refractivity contribution in [2.45, 2.75) is 39.5 Å². The van der Waals surface area contributed by atoms with Gasteiger partial charge in [-0.3, -0.25) is 24.1 Å². The van der Waals surface area contributed by atoms with E-state index in [-0.39, 0.29) is 35.5 Å². The van der Waals surface area contributed by atoms with Gasteiger partial charge >= 0.3 is 0 Å². The number of allylic oxidation sites excluding steroid dienone is 2. The third-order valence-corrected chi connectivity index (χ3v) is 7.63. The van der Waals surface area contributed by atoms with Crippen LogP contribution in [0.1, 0.15) is 60.2 Å². The van der Waals surface area contributed by atoms with Crippen molar-refractivity contribution in [3.05, 3.63) is 71.3 Å². The first-order valence-corrected chi connectivity index (χ1v) is 12.7. The molecule has 2 aromatic carbocycles. The molecule has 7 nitrogen and oxygen atoms in total. The Kier molecular flexibility index (Phi) is 6.48. The molecule has 4 amide bonds. The second-order valence-electron chi connectivity index (χ2n) is 10.3. The van der Waals surface area contributed by atoms with E-state index in [4.69, 9.17) is 0 Å². The molecule has 0 radical (unpaired) electrons. The van der Waals surface area contributed by atoms with Gasteiger partial charge in [-0.15, -0.1) is 0 Å². The lowest BCUT2D eigenvalue weighted by atomic mass is 9.82. The van der Waals surface area contributed by atoms with Gasteiger partial charge in [0.05, 0.1) is 17.5 Å². The van der Waals surface area contributed by atoms with Crippen molar-refractivity contribution in [1.82, 2.24) is 4.90 Å². The Balaban J connectivity index is 1.30. The molecule has 3 aliphatic rings. The van der Waals surface area contributed by atoms with Gasteiger partial charge in [0.25, 0.3) is 11.8 Å². The first-order chi connectivity index (χ1) is 17.3. The molecule has 2 aromatic rings. The summed E-state index contributed by atoms with van der Waals surface area (Å²) in [4.78, 5) is 55.2. The normalized spacial score (nSPS) is 22.3. The summed E-state index contributed by atoms with van der Waals surface area (Å²) in [7, 11) is 0. The zero-order valence-electron chi connectivity index (χ0n) is 20.7. The zero-order chi connectivity index (χ0) is 25.4. The van der Waals surface area contributed by atoms with Gasteiger partial charge in [-0.05, 0) is 74.9 Å². The fraction of sp³-hybridized carbons (Fsp3) is 0.379. The molecule has 7 heteroatoms. The van der Waals surface area contributed by atoms with E-state index in [9.17, 15) is 19.2 Å². The van der Waals surface area contributed by atoms with Crippen LogP contribution in [0.5, 0.6) is 0 Å². The number of benzene rings is 2. The van der Waals surface area contributed by atoms with Crippen molar-refractivity contribution >= 4 is 35.0 Å². The number of carbonyl (C=O) groups excluding carboxylic acids is 4. The molecule has 0 saturated carbocycles. The van der Waals surface area contributed by atoms with Gasteiger partial charge in [0.2, 0.25) is 11.8 Å². The lowest BCUT2D eigenvalue weighted by molar-refractivity contribution is -0.122. The van der Waals surface area contributed by atoms with E-state index in [0.29, 0.717) is 41.3 Å². The Morgan fingerprint density at radius 2 is 1.61 bits per heavy atom. The number of imide groups is 1. The first kappa shape index (κ1) is 24.0. The van der Waals surface area contributed by atoms with Crippen LogP contribution in [-0.2, 0) is 9.59 Å². The molecule has 2 aliphatic heterocycles. The molecule has 2 atom stereocenters. The zero-order valence-corrected chi connectivity index (χ0v) is 20.7. The highest BCUT2D eigenvalue weighted by Crippen LogP contribution is 2.39. The van der Waals surface area contributed by atoms with Crippen LogP contribution in [0.2, 0.25) is 0 Å². The van der Waals surface area contributed by atoms with Gasteiger partial charge in [0.15, 0.2) is 0 Å². The van der Waals surface area contributed by atoms with Gasteiger partial charge in [-0.1, -0.05) is 30.7 Å². The van der Waals surface area contributed by atoms with E-state index in [0.717, 1.165) is 31.5 Å². The minimum Gasteiger partial charge on any atom is -0.339 e. The second kappa shape index (κ2) is 9.72. The smallest absolute Gasteiger partial charge is 0.255 e. The van der Waals surface area contributed by atoms with Gasteiger partial charge in [0.1, 0.15) is 0 Å². The number of carbonyl (C=O) groups is 4. The summed E-state index contributed by atoms with van der Waals surface area (Å²) in [6.07, 6.45) is 5.20. The molecule has 0 spiro atoms. The lowest BCUT2D eigenvalue weighted by Gasteiger charge is -2.30. The molecule has 0 aromatic heterocycles. The van der Waals surface area contributed by atoms with Gasteiger partial charge < -0.3 is 10.2 Å². The highest BCUT2D eigenvalue weighted by molar-refractivity contribution is 6.22. The molecule has 2 heterocycles. The summed E-state index contributed by atoms with van der Waals surface area (Å²) in [5.74, 6) is -0.839. The Bertz CT molecular complexity index is 1260. The van der Waals surface area contributed by atoms with E-state index in [2.05, 4.69) is 12.2 Å². The fourth-order valence-electron chi connectivity index (χ4n) is 5.41. The molecule has 0 bridgehead atoms. The number of piperidine rings is 1. The van der Waals surface area contributed by atoms with Gasteiger partial charge in [0, 0.05) is 29.9 Å². The number of likely N-dealkylation sites (tertiary alicyclic amines) is 1. The summed E-state index contributed by atoms with van der Waals surface area (Å²) < 4.78 is 0. The van der Waals surface area contributed by atoms with E-state index in [1.54, 1.807) is 48.5 Å². The minimum atomic E-state index is -0.373. The van der Waals surface area contributed by atoms with Crippen LogP contribution in [0.3, 0.4) is 0 Å². The van der Waals surface area contributed by atoms with Crippen molar-refractivity contribution in [2.24, 2.45) is 17.8 Å². The summed E-state index contributed by atoms with van der Waals surface area (Å²) in [6, 6.07) is 13.5. The molecular formula is C29H31N3O4. The number of nitrogens with one attached hydrogen (secondary N) is 1. The summed E-state index contributed by atoms with van der Waals surface area (Å²) in [5, 5.41) is 2.85. The van der Waals surface area contributed by atoms with Crippen LogP contribution in [0, 0.1) is 17.8 Å². The molecule has 1 N–H and O–H groups in total. The number of rotatable bonds is 4. The quantitative estimate of drug-likeness (QED) is 0.504. The summed E-state index contributed by atoms with van der Waals surface area (Å²) in [5.41, 5.74) is 2.92. The molecule has 5 rings (SSSR count). The van der Waals surface area contributed by atoms with Crippen molar-refractivity contribution in [2.75, 3.05) is 23.3 Å². The monoisotopic (exact) mass is 485 g/mol. The van der Waals surface area contributed by atoms with Crippen LogP contribution in [0.25, 0.3) is 0 Å². The van der Waals surface area contributed by atoms with Crippen LogP contribution in [-0.4, -0.2) is 41.6 Å². The maximum absolute atomic E-state index is 13.1. The molecule has 186 valence electrons. The fourth-order valence-corrected chi connectivity index (χ4v) is 5.41. The van der Waals surface area contributed by atoms with E-state index in [1.807, 2.05) is 17.9 Å². The first-order valence-electron chi connectivity index (χ1n) is 12.7. The van der Waals surface area contributed by atoms with E-state index >= 15 is 0 Å².